The van der Waals surface area contributed by atoms with E-state index in [-0.39, 0.29) is 11.9 Å². The van der Waals surface area contributed by atoms with Crippen LogP contribution in [-0.2, 0) is 6.42 Å². The van der Waals surface area contributed by atoms with Crippen molar-refractivity contribution in [1.29, 1.82) is 0 Å². The molecule has 0 bridgehead atoms. The zero-order chi connectivity index (χ0) is 15.4. The SMILES string of the molecule is CCCc1cc(C(=O)NC(C)c2ccc(C)o2)cc(Cl)n1. The molecule has 0 aliphatic carbocycles. The lowest BCUT2D eigenvalue weighted by Crippen LogP contribution is -2.26. The number of hydrogen-bond acceptors (Lipinski definition) is 3. The van der Waals surface area contributed by atoms with Crippen LogP contribution in [0, 0.1) is 6.92 Å². The summed E-state index contributed by atoms with van der Waals surface area (Å²) >= 11 is 5.98. The van der Waals surface area contributed by atoms with Crippen LogP contribution in [-0.4, -0.2) is 10.9 Å². The van der Waals surface area contributed by atoms with Crippen molar-refractivity contribution in [3.8, 4) is 0 Å². The van der Waals surface area contributed by atoms with Crippen molar-refractivity contribution in [1.82, 2.24) is 10.3 Å². The third-order valence-electron chi connectivity index (χ3n) is 3.15. The number of nitrogens with zero attached hydrogens (tertiary/aromatic N) is 1. The first-order chi connectivity index (χ1) is 9.99. The largest absolute Gasteiger partial charge is 0.464 e. The maximum atomic E-state index is 12.3. The molecular weight excluding hydrogens is 288 g/mol. The first-order valence-corrected chi connectivity index (χ1v) is 7.41. The number of carbonyl (C=O) groups is 1. The molecule has 4 nitrogen and oxygen atoms in total. The molecule has 0 saturated carbocycles. The van der Waals surface area contributed by atoms with E-state index in [1.54, 1.807) is 12.1 Å². The van der Waals surface area contributed by atoms with Gasteiger partial charge < -0.3 is 9.73 Å². The number of rotatable bonds is 5. The van der Waals surface area contributed by atoms with Crippen LogP contribution in [0.2, 0.25) is 5.15 Å². The van der Waals surface area contributed by atoms with Gasteiger partial charge in [-0.05, 0) is 44.5 Å². The first kappa shape index (κ1) is 15.6. The highest BCUT2D eigenvalue weighted by molar-refractivity contribution is 6.29. The molecule has 1 amide bonds. The van der Waals surface area contributed by atoms with E-state index in [4.69, 9.17) is 16.0 Å². The Balaban J connectivity index is 2.12. The smallest absolute Gasteiger partial charge is 0.252 e. The van der Waals surface area contributed by atoms with Gasteiger partial charge in [-0.2, -0.15) is 0 Å². The first-order valence-electron chi connectivity index (χ1n) is 7.03. The number of aromatic nitrogens is 1. The van der Waals surface area contributed by atoms with Crippen molar-refractivity contribution in [3.63, 3.8) is 0 Å². The van der Waals surface area contributed by atoms with Crippen LogP contribution in [0.4, 0.5) is 0 Å². The number of furan rings is 1. The van der Waals surface area contributed by atoms with Crippen molar-refractivity contribution in [2.45, 2.75) is 39.7 Å². The second kappa shape index (κ2) is 6.76. The molecule has 0 aromatic carbocycles. The number of amides is 1. The molecular formula is C16H19ClN2O2. The molecule has 2 heterocycles. The molecule has 1 atom stereocenters. The van der Waals surface area contributed by atoms with Gasteiger partial charge in [-0.1, -0.05) is 24.9 Å². The molecule has 0 fully saturated rings. The van der Waals surface area contributed by atoms with Crippen LogP contribution < -0.4 is 5.32 Å². The summed E-state index contributed by atoms with van der Waals surface area (Å²) in [4.78, 5) is 16.5. The third-order valence-corrected chi connectivity index (χ3v) is 3.34. The van der Waals surface area contributed by atoms with Gasteiger partial charge in [0.15, 0.2) is 0 Å². The van der Waals surface area contributed by atoms with Crippen LogP contribution in [0.15, 0.2) is 28.7 Å². The number of hydrogen-bond donors (Lipinski definition) is 1. The van der Waals surface area contributed by atoms with Gasteiger partial charge in [0.2, 0.25) is 0 Å². The fourth-order valence-corrected chi connectivity index (χ4v) is 2.33. The van der Waals surface area contributed by atoms with Gasteiger partial charge in [-0.15, -0.1) is 0 Å². The topological polar surface area (TPSA) is 55.1 Å². The van der Waals surface area contributed by atoms with E-state index in [2.05, 4.69) is 17.2 Å². The Bertz CT molecular complexity index is 637. The minimum absolute atomic E-state index is 0.182. The van der Waals surface area contributed by atoms with E-state index in [1.165, 1.54) is 0 Å². The zero-order valence-electron chi connectivity index (χ0n) is 12.4. The van der Waals surface area contributed by atoms with Gasteiger partial charge in [0.25, 0.3) is 5.91 Å². The average Bonchev–Trinajstić information content (AvgIpc) is 2.85. The molecule has 1 N–H and O–H groups in total. The van der Waals surface area contributed by atoms with Crippen LogP contribution in [0.25, 0.3) is 0 Å². The summed E-state index contributed by atoms with van der Waals surface area (Å²) in [6.45, 7) is 5.81. The van der Waals surface area contributed by atoms with Crippen molar-refractivity contribution in [3.05, 3.63) is 52.2 Å². The third kappa shape index (κ3) is 4.08. The van der Waals surface area contributed by atoms with Gasteiger partial charge >= 0.3 is 0 Å². The van der Waals surface area contributed by atoms with Crippen LogP contribution >= 0.6 is 11.6 Å². The number of nitrogens with one attached hydrogen (secondary N) is 1. The maximum Gasteiger partial charge on any atom is 0.252 e. The molecule has 2 aromatic heterocycles. The molecule has 5 heteroatoms. The predicted molar refractivity (Wildman–Crippen MR) is 82.6 cm³/mol. The number of halogens is 1. The molecule has 2 aromatic rings. The molecule has 0 radical (unpaired) electrons. The van der Waals surface area contributed by atoms with Crippen molar-refractivity contribution >= 4 is 17.5 Å². The summed E-state index contributed by atoms with van der Waals surface area (Å²) in [5, 5.41) is 3.24. The molecule has 0 aliphatic rings. The molecule has 21 heavy (non-hydrogen) atoms. The Labute approximate surface area is 129 Å². The van der Waals surface area contributed by atoms with Gasteiger partial charge in [-0.3, -0.25) is 4.79 Å². The molecule has 1 unspecified atom stereocenters. The number of aryl methyl sites for hydroxylation is 2. The normalized spacial score (nSPS) is 12.2. The molecule has 112 valence electrons. The lowest BCUT2D eigenvalue weighted by Gasteiger charge is -2.12. The van der Waals surface area contributed by atoms with E-state index in [0.717, 1.165) is 30.1 Å². The lowest BCUT2D eigenvalue weighted by molar-refractivity contribution is 0.0935. The number of pyridine rings is 1. The second-order valence-electron chi connectivity index (χ2n) is 5.06. The molecule has 0 aliphatic heterocycles. The van der Waals surface area contributed by atoms with Gasteiger partial charge in [0.1, 0.15) is 16.7 Å². The second-order valence-corrected chi connectivity index (χ2v) is 5.45. The average molecular weight is 307 g/mol. The van der Waals surface area contributed by atoms with E-state index in [0.29, 0.717) is 10.7 Å². The minimum Gasteiger partial charge on any atom is -0.464 e. The van der Waals surface area contributed by atoms with Crippen molar-refractivity contribution in [2.75, 3.05) is 0 Å². The van der Waals surface area contributed by atoms with Crippen molar-refractivity contribution in [2.24, 2.45) is 0 Å². The zero-order valence-corrected chi connectivity index (χ0v) is 13.2. The standard InChI is InChI=1S/C16H19ClN2O2/c1-4-5-13-8-12(9-15(17)19-13)16(20)18-11(3)14-7-6-10(2)21-14/h6-9,11H,4-5H2,1-3H3,(H,18,20). The molecule has 2 rings (SSSR count). The van der Waals surface area contributed by atoms with Crippen LogP contribution in [0.5, 0.6) is 0 Å². The minimum atomic E-state index is -0.201. The molecule has 0 saturated heterocycles. The predicted octanol–water partition coefficient (Wildman–Crippen LogP) is 4.08. The van der Waals surface area contributed by atoms with E-state index < -0.39 is 0 Å². The maximum absolute atomic E-state index is 12.3. The van der Waals surface area contributed by atoms with Crippen molar-refractivity contribution < 1.29 is 9.21 Å². The fourth-order valence-electron chi connectivity index (χ4n) is 2.10. The summed E-state index contributed by atoms with van der Waals surface area (Å²) in [5.74, 6) is 1.37. The summed E-state index contributed by atoms with van der Waals surface area (Å²) in [6, 6.07) is 6.90. The van der Waals surface area contributed by atoms with E-state index >= 15 is 0 Å². The van der Waals surface area contributed by atoms with Crippen LogP contribution in [0.3, 0.4) is 0 Å². The van der Waals surface area contributed by atoms with Gasteiger partial charge in [0, 0.05) is 11.3 Å². The Morgan fingerprint density at radius 3 is 2.81 bits per heavy atom. The summed E-state index contributed by atoms with van der Waals surface area (Å²) < 4.78 is 5.51. The summed E-state index contributed by atoms with van der Waals surface area (Å²) in [6.07, 6.45) is 1.75. The molecule has 0 spiro atoms. The highest BCUT2D eigenvalue weighted by Crippen LogP contribution is 2.17. The van der Waals surface area contributed by atoms with E-state index in [9.17, 15) is 4.79 Å². The highest BCUT2D eigenvalue weighted by Gasteiger charge is 2.15. The Morgan fingerprint density at radius 2 is 2.19 bits per heavy atom. The van der Waals surface area contributed by atoms with Crippen LogP contribution in [0.1, 0.15) is 53.9 Å². The van der Waals surface area contributed by atoms with E-state index in [1.807, 2.05) is 26.0 Å². The highest BCUT2D eigenvalue weighted by atomic mass is 35.5. The fraction of sp³-hybridized carbons (Fsp3) is 0.375. The van der Waals surface area contributed by atoms with Gasteiger partial charge in [-0.25, -0.2) is 4.98 Å². The summed E-state index contributed by atoms with van der Waals surface area (Å²) in [7, 11) is 0. The monoisotopic (exact) mass is 306 g/mol. The number of carbonyl (C=O) groups excluding carboxylic acids is 1. The van der Waals surface area contributed by atoms with Gasteiger partial charge in [0.05, 0.1) is 6.04 Å². The summed E-state index contributed by atoms with van der Waals surface area (Å²) in [5.41, 5.74) is 1.35. The lowest BCUT2D eigenvalue weighted by atomic mass is 10.1. The Kier molecular flexibility index (Phi) is 5.02. The Hall–Kier alpha value is -1.81. The Morgan fingerprint density at radius 1 is 1.43 bits per heavy atom. The quantitative estimate of drug-likeness (QED) is 0.847.